The monoisotopic (exact) mass is 385 g/mol. The Hall–Kier alpha value is -0.890. The van der Waals surface area contributed by atoms with Crippen molar-refractivity contribution in [3.8, 4) is 0 Å². The van der Waals surface area contributed by atoms with Crippen molar-refractivity contribution < 1.29 is 19.1 Å². The molecule has 0 aliphatic carbocycles. The highest BCUT2D eigenvalue weighted by Crippen LogP contribution is 2.29. The molecule has 0 fully saturated rings. The maximum Gasteiger partial charge on any atom is 0.133 e. The van der Waals surface area contributed by atoms with E-state index < -0.39 is 0 Å². The van der Waals surface area contributed by atoms with Gasteiger partial charge in [0.2, 0.25) is 0 Å². The maximum absolute atomic E-state index is 11.8. The average molecular weight is 386 g/mol. The van der Waals surface area contributed by atoms with Gasteiger partial charge in [0.15, 0.2) is 0 Å². The molecular weight excluding hydrogens is 358 g/mol. The number of ether oxygens (including phenoxy) is 2. The number of carbonyl (C=O) groups is 2. The van der Waals surface area contributed by atoms with Crippen LogP contribution in [0.25, 0.3) is 0 Å². The summed E-state index contributed by atoms with van der Waals surface area (Å²) in [4.78, 5) is 26.8. The molecule has 0 aromatic carbocycles. The average Bonchev–Trinajstić information content (AvgIpc) is 2.59. The van der Waals surface area contributed by atoms with Crippen molar-refractivity contribution in [1.82, 2.24) is 4.98 Å². The molecule has 1 rings (SSSR count). The lowest BCUT2D eigenvalue weighted by atomic mass is 10.2. The van der Waals surface area contributed by atoms with Crippen LogP contribution in [-0.4, -0.2) is 48.2 Å². The number of hydrogen-bond donors (Lipinski definition) is 0. The molecule has 0 N–H and O–H groups in total. The maximum atomic E-state index is 11.8. The first-order valence-electron chi connectivity index (χ1n) is 8.49. The Balaban J connectivity index is 1.92. The van der Waals surface area contributed by atoms with Gasteiger partial charge in [0.05, 0.1) is 19.3 Å². The van der Waals surface area contributed by atoms with Crippen molar-refractivity contribution in [2.75, 3.05) is 25.6 Å². The third-order valence-electron chi connectivity index (χ3n) is 3.20. The van der Waals surface area contributed by atoms with Crippen molar-refractivity contribution >= 4 is 33.2 Å². The number of ketones is 2. The summed E-state index contributed by atoms with van der Waals surface area (Å²) in [5.41, 5.74) is 0. The molecule has 0 spiro atoms. The van der Waals surface area contributed by atoms with Crippen LogP contribution in [0.3, 0.4) is 0 Å². The lowest BCUT2D eigenvalue weighted by molar-refractivity contribution is -0.119. The molecule has 0 saturated heterocycles. The summed E-state index contributed by atoms with van der Waals surface area (Å²) in [6.45, 7) is 4.95. The second-order valence-electron chi connectivity index (χ2n) is 5.67. The first-order valence-corrected chi connectivity index (χ1v) is 10.8. The van der Waals surface area contributed by atoms with Crippen LogP contribution >= 0.6 is 21.6 Å². The van der Waals surface area contributed by atoms with Gasteiger partial charge >= 0.3 is 0 Å². The van der Waals surface area contributed by atoms with E-state index in [4.69, 9.17) is 9.47 Å². The molecule has 0 radical (unpaired) electrons. The molecule has 1 atom stereocenters. The van der Waals surface area contributed by atoms with Crippen molar-refractivity contribution in [1.29, 1.82) is 0 Å². The lowest BCUT2D eigenvalue weighted by Crippen LogP contribution is -2.18. The van der Waals surface area contributed by atoms with Crippen LogP contribution in [0.1, 0.15) is 39.5 Å². The van der Waals surface area contributed by atoms with E-state index in [2.05, 4.69) is 4.98 Å². The Morgan fingerprint density at radius 3 is 2.76 bits per heavy atom. The Bertz CT molecular complexity index is 499. The van der Waals surface area contributed by atoms with Crippen LogP contribution in [-0.2, 0) is 19.1 Å². The molecule has 0 amide bonds. The Kier molecular flexibility index (Phi) is 12.7. The molecule has 1 heterocycles. The highest BCUT2D eigenvalue weighted by molar-refractivity contribution is 8.76. The SMILES string of the molecule is CC(=O)CCOC(C)COCCCC(=O)CCSSc1ccccn1. The van der Waals surface area contributed by atoms with Gasteiger partial charge in [0.25, 0.3) is 0 Å². The van der Waals surface area contributed by atoms with E-state index in [1.807, 2.05) is 25.1 Å². The third-order valence-corrected chi connectivity index (χ3v) is 5.47. The molecule has 5 nitrogen and oxygen atoms in total. The van der Waals surface area contributed by atoms with E-state index in [1.54, 1.807) is 34.7 Å². The van der Waals surface area contributed by atoms with E-state index in [0.717, 1.165) is 17.2 Å². The first kappa shape index (κ1) is 22.2. The number of pyridine rings is 1. The summed E-state index contributed by atoms with van der Waals surface area (Å²) in [5, 5.41) is 0.966. The van der Waals surface area contributed by atoms with Gasteiger partial charge in [-0.2, -0.15) is 0 Å². The molecule has 0 saturated carbocycles. The second kappa shape index (κ2) is 14.3. The van der Waals surface area contributed by atoms with Crippen LogP contribution in [0.2, 0.25) is 0 Å². The summed E-state index contributed by atoms with van der Waals surface area (Å²) < 4.78 is 11.0. The molecule has 0 aliphatic heterocycles. The number of aromatic nitrogens is 1. The molecule has 0 bridgehead atoms. The Labute approximate surface area is 158 Å². The van der Waals surface area contributed by atoms with Crippen LogP contribution < -0.4 is 0 Å². The van der Waals surface area contributed by atoms with Gasteiger partial charge in [0, 0.05) is 37.8 Å². The Morgan fingerprint density at radius 2 is 2.04 bits per heavy atom. The molecule has 140 valence electrons. The Morgan fingerprint density at radius 1 is 1.20 bits per heavy atom. The minimum atomic E-state index is -0.0323. The van der Waals surface area contributed by atoms with Crippen LogP contribution in [0.5, 0.6) is 0 Å². The van der Waals surface area contributed by atoms with Crippen molar-refractivity contribution in [2.45, 2.75) is 50.7 Å². The van der Waals surface area contributed by atoms with Crippen LogP contribution in [0.15, 0.2) is 29.4 Å². The number of nitrogens with zero attached hydrogens (tertiary/aromatic N) is 1. The lowest BCUT2D eigenvalue weighted by Gasteiger charge is -2.12. The fourth-order valence-electron chi connectivity index (χ4n) is 1.85. The minimum Gasteiger partial charge on any atom is -0.379 e. The normalized spacial score (nSPS) is 12.1. The third kappa shape index (κ3) is 13.0. The van der Waals surface area contributed by atoms with Crippen molar-refractivity contribution in [3.05, 3.63) is 24.4 Å². The predicted octanol–water partition coefficient (Wildman–Crippen LogP) is 3.96. The van der Waals surface area contributed by atoms with E-state index >= 15 is 0 Å². The minimum absolute atomic E-state index is 0.0323. The quantitative estimate of drug-likeness (QED) is 0.334. The van der Waals surface area contributed by atoms with Gasteiger partial charge in [0.1, 0.15) is 16.6 Å². The van der Waals surface area contributed by atoms with E-state index in [-0.39, 0.29) is 17.7 Å². The van der Waals surface area contributed by atoms with Gasteiger partial charge in [-0.3, -0.25) is 9.59 Å². The van der Waals surface area contributed by atoms with Crippen molar-refractivity contribution in [3.63, 3.8) is 0 Å². The molecular formula is C18H27NO4S2. The summed E-state index contributed by atoms with van der Waals surface area (Å²) in [6.07, 6.45) is 4.04. The van der Waals surface area contributed by atoms with Gasteiger partial charge in [-0.25, -0.2) is 4.98 Å². The fourth-order valence-corrected chi connectivity index (χ4v) is 3.76. The molecule has 1 aromatic rings. The number of Topliss-reactive ketones (excluding diaryl/α,β-unsaturated/α-hetero) is 2. The summed E-state index contributed by atoms with van der Waals surface area (Å²) >= 11 is 0. The van der Waals surface area contributed by atoms with Gasteiger partial charge in [-0.05, 0) is 43.2 Å². The van der Waals surface area contributed by atoms with E-state index in [1.165, 1.54) is 0 Å². The van der Waals surface area contributed by atoms with Crippen molar-refractivity contribution in [2.24, 2.45) is 0 Å². The molecule has 0 aliphatic rings. The smallest absolute Gasteiger partial charge is 0.133 e. The summed E-state index contributed by atoms with van der Waals surface area (Å²) in [6, 6.07) is 5.80. The standard InChI is InChI=1S/C18H27NO4S2/c1-15(20)8-12-23-16(2)14-22-11-5-6-17(21)9-13-24-25-18-7-3-4-10-19-18/h3-4,7,10,16H,5-6,8-9,11-14H2,1-2H3. The zero-order valence-corrected chi connectivity index (χ0v) is 16.6. The van der Waals surface area contributed by atoms with Gasteiger partial charge in [-0.15, -0.1) is 0 Å². The zero-order chi connectivity index (χ0) is 18.3. The fraction of sp³-hybridized carbons (Fsp3) is 0.611. The second-order valence-corrected chi connectivity index (χ2v) is 8.11. The number of rotatable bonds is 15. The van der Waals surface area contributed by atoms with Crippen LogP contribution in [0, 0.1) is 0 Å². The van der Waals surface area contributed by atoms with E-state index in [9.17, 15) is 9.59 Å². The molecule has 1 unspecified atom stereocenters. The number of hydrogen-bond acceptors (Lipinski definition) is 7. The van der Waals surface area contributed by atoms with E-state index in [0.29, 0.717) is 39.1 Å². The number of carbonyl (C=O) groups excluding carboxylic acids is 2. The highest BCUT2D eigenvalue weighted by atomic mass is 33.1. The highest BCUT2D eigenvalue weighted by Gasteiger charge is 2.05. The van der Waals surface area contributed by atoms with Crippen LogP contribution in [0.4, 0.5) is 0 Å². The summed E-state index contributed by atoms with van der Waals surface area (Å²) in [7, 11) is 3.25. The van der Waals surface area contributed by atoms with Gasteiger partial charge in [-0.1, -0.05) is 16.9 Å². The largest absolute Gasteiger partial charge is 0.379 e. The molecule has 25 heavy (non-hydrogen) atoms. The predicted molar refractivity (Wildman–Crippen MR) is 103 cm³/mol. The summed E-state index contributed by atoms with van der Waals surface area (Å²) in [5.74, 6) is 1.19. The topological polar surface area (TPSA) is 65.5 Å². The van der Waals surface area contributed by atoms with Gasteiger partial charge < -0.3 is 9.47 Å². The zero-order valence-electron chi connectivity index (χ0n) is 14.9. The first-order chi connectivity index (χ1) is 12.1. The molecule has 1 aromatic heterocycles. The molecule has 7 heteroatoms.